The second-order valence-electron chi connectivity index (χ2n) is 8.68. The summed E-state index contributed by atoms with van der Waals surface area (Å²) in [5.41, 5.74) is 3.08. The van der Waals surface area contributed by atoms with Crippen LogP contribution in [-0.4, -0.2) is 11.1 Å². The summed E-state index contributed by atoms with van der Waals surface area (Å²) in [4.78, 5) is 12.1. The maximum absolute atomic E-state index is 12.1. The van der Waals surface area contributed by atoms with Gasteiger partial charge >= 0.3 is 5.97 Å². The number of fused-ring (bicyclic) bond motifs is 3. The SMILES string of the molecule is C[C@]1(C(=O)O)CCC[C@]2(C)c3cc(OCc4ccccc4)ccc3CC[C@@H]12. The van der Waals surface area contributed by atoms with Crippen LogP contribution in [0, 0.1) is 11.3 Å². The van der Waals surface area contributed by atoms with Crippen molar-refractivity contribution >= 4 is 5.97 Å². The van der Waals surface area contributed by atoms with Crippen LogP contribution in [0.3, 0.4) is 0 Å². The van der Waals surface area contributed by atoms with Crippen LogP contribution in [0.1, 0.15) is 56.2 Å². The zero-order chi connectivity index (χ0) is 19.1. The molecule has 0 heterocycles. The molecule has 0 unspecified atom stereocenters. The standard InChI is InChI=1S/C24H28O3/c1-23-13-6-14-24(2,22(25)26)21(23)12-10-18-9-11-19(15-20(18)23)27-16-17-7-4-3-5-8-17/h3-5,7-9,11,15,21H,6,10,12-14,16H2,1-2H3,(H,25,26)/t21-,23-,24+/m1/s1. The van der Waals surface area contributed by atoms with Gasteiger partial charge in [-0.25, -0.2) is 0 Å². The monoisotopic (exact) mass is 364 g/mol. The lowest BCUT2D eigenvalue weighted by atomic mass is 9.50. The summed E-state index contributed by atoms with van der Waals surface area (Å²) in [5.74, 6) is 0.411. The summed E-state index contributed by atoms with van der Waals surface area (Å²) in [5, 5.41) is 9.94. The molecule has 0 amide bonds. The van der Waals surface area contributed by atoms with E-state index < -0.39 is 11.4 Å². The summed E-state index contributed by atoms with van der Waals surface area (Å²) >= 11 is 0. The van der Waals surface area contributed by atoms with Gasteiger partial charge in [0.15, 0.2) is 0 Å². The van der Waals surface area contributed by atoms with Gasteiger partial charge in [-0.2, -0.15) is 0 Å². The molecule has 2 aliphatic rings. The number of rotatable bonds is 4. The number of hydrogen-bond acceptors (Lipinski definition) is 2. The van der Waals surface area contributed by atoms with Crippen molar-refractivity contribution in [2.75, 3.05) is 0 Å². The predicted molar refractivity (Wildman–Crippen MR) is 106 cm³/mol. The molecule has 2 aromatic rings. The third-order valence-electron chi connectivity index (χ3n) is 7.07. The summed E-state index contributed by atoms with van der Waals surface area (Å²) < 4.78 is 6.07. The molecule has 0 aliphatic heterocycles. The minimum absolute atomic E-state index is 0.0922. The van der Waals surface area contributed by atoms with E-state index in [9.17, 15) is 9.90 Å². The third kappa shape index (κ3) is 3.03. The van der Waals surface area contributed by atoms with Gasteiger partial charge in [0, 0.05) is 0 Å². The molecule has 0 bridgehead atoms. The Morgan fingerprint density at radius 3 is 2.67 bits per heavy atom. The van der Waals surface area contributed by atoms with Crippen LogP contribution >= 0.6 is 0 Å². The van der Waals surface area contributed by atoms with Crippen molar-refractivity contribution in [2.45, 2.75) is 58.0 Å². The largest absolute Gasteiger partial charge is 0.489 e. The van der Waals surface area contributed by atoms with Crippen LogP contribution in [0.25, 0.3) is 0 Å². The fourth-order valence-electron chi connectivity index (χ4n) is 5.53. The van der Waals surface area contributed by atoms with Gasteiger partial charge < -0.3 is 9.84 Å². The zero-order valence-corrected chi connectivity index (χ0v) is 16.2. The molecular weight excluding hydrogens is 336 g/mol. The molecule has 4 rings (SSSR count). The number of ether oxygens (including phenoxy) is 1. The quantitative estimate of drug-likeness (QED) is 0.794. The highest BCUT2D eigenvalue weighted by molar-refractivity contribution is 5.75. The number of aryl methyl sites for hydroxylation is 1. The smallest absolute Gasteiger partial charge is 0.309 e. The molecule has 1 fully saturated rings. The van der Waals surface area contributed by atoms with Gasteiger partial charge in [0.2, 0.25) is 0 Å². The van der Waals surface area contributed by atoms with E-state index in [-0.39, 0.29) is 11.3 Å². The number of benzene rings is 2. The van der Waals surface area contributed by atoms with Crippen LogP contribution in [0.15, 0.2) is 48.5 Å². The van der Waals surface area contributed by atoms with Crippen LogP contribution in [0.4, 0.5) is 0 Å². The summed E-state index contributed by atoms with van der Waals surface area (Å²) in [6.45, 7) is 4.78. The lowest BCUT2D eigenvalue weighted by molar-refractivity contribution is -0.157. The molecule has 1 N–H and O–H groups in total. The first kappa shape index (κ1) is 18.1. The van der Waals surface area contributed by atoms with E-state index in [1.54, 1.807) is 0 Å². The predicted octanol–water partition coefficient (Wildman–Crippen LogP) is 5.36. The fourth-order valence-corrected chi connectivity index (χ4v) is 5.53. The van der Waals surface area contributed by atoms with Crippen LogP contribution in [0.5, 0.6) is 5.75 Å². The Kier molecular flexibility index (Phi) is 4.49. The van der Waals surface area contributed by atoms with Gasteiger partial charge in [0.1, 0.15) is 12.4 Å². The minimum Gasteiger partial charge on any atom is -0.489 e. The molecule has 1 saturated carbocycles. The molecule has 0 radical (unpaired) electrons. The summed E-state index contributed by atoms with van der Waals surface area (Å²) in [6, 6.07) is 16.6. The maximum Gasteiger partial charge on any atom is 0.309 e. The Labute approximate surface area is 161 Å². The van der Waals surface area contributed by atoms with Crippen molar-refractivity contribution in [3.05, 3.63) is 65.2 Å². The second kappa shape index (κ2) is 6.70. The molecule has 142 valence electrons. The van der Waals surface area contributed by atoms with Crippen LogP contribution < -0.4 is 4.74 Å². The average Bonchev–Trinajstić information content (AvgIpc) is 2.67. The summed E-state index contributed by atoms with van der Waals surface area (Å²) in [6.07, 6.45) is 4.70. The Morgan fingerprint density at radius 2 is 1.93 bits per heavy atom. The normalized spacial score (nSPS) is 29.5. The Morgan fingerprint density at radius 1 is 1.15 bits per heavy atom. The van der Waals surface area contributed by atoms with Crippen molar-refractivity contribution in [1.82, 2.24) is 0 Å². The van der Waals surface area contributed by atoms with Gasteiger partial charge in [-0.1, -0.05) is 49.7 Å². The third-order valence-corrected chi connectivity index (χ3v) is 7.07. The molecule has 0 aromatic heterocycles. The van der Waals surface area contributed by atoms with Gasteiger partial charge in [0.25, 0.3) is 0 Å². The Hall–Kier alpha value is -2.29. The van der Waals surface area contributed by atoms with E-state index in [0.29, 0.717) is 6.61 Å². The van der Waals surface area contributed by atoms with Gasteiger partial charge in [-0.3, -0.25) is 4.79 Å². The maximum atomic E-state index is 12.1. The number of carbonyl (C=O) groups is 1. The average molecular weight is 364 g/mol. The Balaban J connectivity index is 1.64. The number of carboxylic acid groups (broad SMARTS) is 1. The van der Waals surface area contributed by atoms with Crippen LogP contribution in [0.2, 0.25) is 0 Å². The highest BCUT2D eigenvalue weighted by Crippen LogP contribution is 2.57. The van der Waals surface area contributed by atoms with Crippen molar-refractivity contribution in [3.63, 3.8) is 0 Å². The van der Waals surface area contributed by atoms with E-state index in [0.717, 1.165) is 43.4 Å². The van der Waals surface area contributed by atoms with Gasteiger partial charge in [-0.15, -0.1) is 0 Å². The number of carboxylic acids is 1. The first-order valence-corrected chi connectivity index (χ1v) is 9.97. The van der Waals surface area contributed by atoms with E-state index >= 15 is 0 Å². The molecule has 3 nitrogen and oxygen atoms in total. The van der Waals surface area contributed by atoms with Gasteiger partial charge in [-0.05, 0) is 72.8 Å². The van der Waals surface area contributed by atoms with Crippen molar-refractivity contribution in [1.29, 1.82) is 0 Å². The molecule has 0 saturated heterocycles. The number of hydrogen-bond donors (Lipinski definition) is 1. The second-order valence-corrected chi connectivity index (χ2v) is 8.68. The first-order chi connectivity index (χ1) is 12.9. The van der Waals surface area contributed by atoms with Crippen molar-refractivity contribution in [2.24, 2.45) is 11.3 Å². The van der Waals surface area contributed by atoms with E-state index in [1.807, 2.05) is 25.1 Å². The highest BCUT2D eigenvalue weighted by Gasteiger charge is 2.55. The van der Waals surface area contributed by atoms with Gasteiger partial charge in [0.05, 0.1) is 5.41 Å². The number of aliphatic carboxylic acids is 1. The van der Waals surface area contributed by atoms with Crippen molar-refractivity contribution in [3.8, 4) is 5.75 Å². The van der Waals surface area contributed by atoms with E-state index in [2.05, 4.69) is 37.3 Å². The fraction of sp³-hybridized carbons (Fsp3) is 0.458. The summed E-state index contributed by atoms with van der Waals surface area (Å²) in [7, 11) is 0. The minimum atomic E-state index is -0.640. The molecular formula is C24H28O3. The molecule has 27 heavy (non-hydrogen) atoms. The topological polar surface area (TPSA) is 46.5 Å². The van der Waals surface area contributed by atoms with E-state index in [1.165, 1.54) is 11.1 Å². The molecule has 2 aromatic carbocycles. The molecule has 3 atom stereocenters. The lowest BCUT2D eigenvalue weighted by Gasteiger charge is -2.53. The first-order valence-electron chi connectivity index (χ1n) is 9.97. The highest BCUT2D eigenvalue weighted by atomic mass is 16.5. The molecule has 3 heteroatoms. The van der Waals surface area contributed by atoms with Crippen LogP contribution in [-0.2, 0) is 23.2 Å². The molecule has 2 aliphatic carbocycles. The van der Waals surface area contributed by atoms with Crippen molar-refractivity contribution < 1.29 is 14.6 Å². The Bertz CT molecular complexity index is 844. The zero-order valence-electron chi connectivity index (χ0n) is 16.2. The van der Waals surface area contributed by atoms with E-state index in [4.69, 9.17) is 4.74 Å². The lowest BCUT2D eigenvalue weighted by Crippen LogP contribution is -2.52. The molecule has 0 spiro atoms.